The third kappa shape index (κ3) is 9.15. The van der Waals surface area contributed by atoms with E-state index in [0.29, 0.717) is 45.7 Å². The number of carboxylic acids is 1. The van der Waals surface area contributed by atoms with Crippen molar-refractivity contribution in [2.45, 2.75) is 25.6 Å². The van der Waals surface area contributed by atoms with Crippen LogP contribution in [0.15, 0.2) is 36.5 Å². The number of hydrogen-bond donors (Lipinski definition) is 5. The van der Waals surface area contributed by atoms with Gasteiger partial charge in [-0.15, -0.1) is 0 Å². The molecule has 2 aromatic carbocycles. The van der Waals surface area contributed by atoms with Crippen molar-refractivity contribution in [2.75, 3.05) is 51.2 Å². The average molecular weight is 732 g/mol. The zero-order valence-corrected chi connectivity index (χ0v) is 28.4. The number of carboxylic acid groups (broad SMARTS) is 1. The molecule has 0 saturated carbocycles. The van der Waals surface area contributed by atoms with Crippen LogP contribution in [0, 0.1) is 28.9 Å². The molecule has 0 spiro atoms. The zero-order chi connectivity index (χ0) is 37.4. The number of ether oxygens (including phenoxy) is 1. The summed E-state index contributed by atoms with van der Waals surface area (Å²) in [6.07, 6.45) is -0.180. The number of anilines is 1. The van der Waals surface area contributed by atoms with Crippen LogP contribution in [0.1, 0.15) is 34.3 Å². The van der Waals surface area contributed by atoms with Crippen molar-refractivity contribution in [1.82, 2.24) is 24.7 Å². The molecule has 3 heterocycles. The Hall–Kier alpha value is -5.15. The minimum Gasteiger partial charge on any atom is -0.479 e. The third-order valence-electron chi connectivity index (χ3n) is 8.27. The smallest absolute Gasteiger partial charge is 0.332 e. The van der Waals surface area contributed by atoms with Gasteiger partial charge in [-0.25, -0.2) is 14.2 Å². The number of nitrogens with one attached hydrogen (secondary N) is 2. The molecule has 0 bridgehead atoms. The Morgan fingerprint density at radius 3 is 2.41 bits per heavy atom. The van der Waals surface area contributed by atoms with Crippen LogP contribution < -0.4 is 15.4 Å². The van der Waals surface area contributed by atoms with Crippen molar-refractivity contribution in [2.24, 2.45) is 13.0 Å². The lowest BCUT2D eigenvalue weighted by molar-refractivity contribution is -0.145. The minimum atomic E-state index is -1.27. The van der Waals surface area contributed by atoms with Crippen LogP contribution in [-0.2, 0) is 16.6 Å². The molecule has 0 aliphatic carbocycles. The lowest BCUT2D eigenvalue weighted by Gasteiger charge is -2.38. The molecule has 51 heavy (non-hydrogen) atoms. The van der Waals surface area contributed by atoms with Crippen molar-refractivity contribution >= 4 is 41.0 Å². The zero-order valence-electron chi connectivity index (χ0n) is 27.6. The summed E-state index contributed by atoms with van der Waals surface area (Å²) in [5.41, 5.74) is 0.461. The lowest BCUT2D eigenvalue weighted by Crippen LogP contribution is -2.55. The molecule has 5 rings (SSSR count). The molecule has 0 unspecified atom stereocenters. The molecule has 18 heteroatoms. The first-order valence-electron chi connectivity index (χ1n) is 15.7. The molecule has 0 radical (unpaired) electrons. The Labute approximate surface area is 296 Å². The molecule has 3 atom stereocenters. The molecule has 2 fully saturated rings. The van der Waals surface area contributed by atoms with E-state index in [2.05, 4.69) is 15.6 Å². The first-order chi connectivity index (χ1) is 24.2. The number of carbonyl (C=O) groups excluding carboxylic acids is 3. The predicted molar refractivity (Wildman–Crippen MR) is 178 cm³/mol. The lowest BCUT2D eigenvalue weighted by atomic mass is 9.93. The van der Waals surface area contributed by atoms with Crippen LogP contribution in [0.4, 0.5) is 14.5 Å². The summed E-state index contributed by atoms with van der Waals surface area (Å²) in [5, 5.41) is 40.4. The maximum Gasteiger partial charge on any atom is 0.332 e. The number of hydrogen-bond acceptors (Lipinski definition) is 10. The van der Waals surface area contributed by atoms with Gasteiger partial charge >= 0.3 is 5.97 Å². The summed E-state index contributed by atoms with van der Waals surface area (Å²) < 4.78 is 35.4. The van der Waals surface area contributed by atoms with Gasteiger partial charge in [0.25, 0.3) is 11.8 Å². The Kier molecular flexibility index (Phi) is 13.0. The fourth-order valence-electron chi connectivity index (χ4n) is 5.44. The SMILES string of the molecule is C[C@H](O)C(=O)O.Cn1c(-c2ccc(OCC#N)c(F)c2F)cnc1C(=O)Nc1ccc(C(=O)N2CCN(C(=O)[C@@H]3CCNC[C@H]3O)CC2)c(Cl)c1. The molecule has 3 aromatic rings. The fraction of sp³-hybridized carbons (Fsp3) is 0.394. The number of aliphatic carboxylic acids is 1. The Balaban J connectivity index is 0.000000894. The molecule has 272 valence electrons. The summed E-state index contributed by atoms with van der Waals surface area (Å²) in [5.74, 6) is -5.73. The average Bonchev–Trinajstić information content (AvgIpc) is 3.49. The van der Waals surface area contributed by atoms with Crippen LogP contribution >= 0.6 is 11.6 Å². The number of carbonyl (C=O) groups is 4. The number of piperidine rings is 1. The quantitative estimate of drug-likeness (QED) is 0.226. The van der Waals surface area contributed by atoms with Crippen molar-refractivity contribution < 1.29 is 48.0 Å². The van der Waals surface area contributed by atoms with Crippen molar-refractivity contribution in [3.8, 4) is 23.1 Å². The number of piperazine rings is 1. The van der Waals surface area contributed by atoms with Gasteiger partial charge in [0.1, 0.15) is 12.2 Å². The van der Waals surface area contributed by atoms with Crippen LogP contribution in [0.5, 0.6) is 5.75 Å². The third-order valence-corrected chi connectivity index (χ3v) is 8.58. The van der Waals surface area contributed by atoms with Gasteiger partial charge in [-0.3, -0.25) is 14.4 Å². The van der Waals surface area contributed by atoms with E-state index >= 15 is 0 Å². The number of aromatic nitrogens is 2. The maximum atomic E-state index is 14.8. The summed E-state index contributed by atoms with van der Waals surface area (Å²) in [6.45, 7) is 3.09. The highest BCUT2D eigenvalue weighted by Crippen LogP contribution is 2.31. The standard InChI is InChI=1S/C30H30ClF2N7O5.C3H6O3/c1-38-22(19-4-5-24(45-13-7-34)26(33)25(19)32)15-36-27(38)28(42)37-17-2-3-18(21(31)14-17)29(43)39-9-11-40(12-10-39)30(44)20-6-8-35-16-23(20)41;1-2(4)3(5)6/h2-5,14-15,20,23,35,41H,6,8-13,16H2,1H3,(H,37,42);2,4H,1H3,(H,5,6)/t20-,23-;2-/m10/s1. The van der Waals surface area contributed by atoms with E-state index in [1.807, 2.05) is 0 Å². The monoisotopic (exact) mass is 731 g/mol. The summed E-state index contributed by atoms with van der Waals surface area (Å²) >= 11 is 6.44. The number of aliphatic hydroxyl groups excluding tert-OH is 2. The molecule has 2 aliphatic rings. The van der Waals surface area contributed by atoms with Crippen LogP contribution in [0.25, 0.3) is 11.3 Å². The van der Waals surface area contributed by atoms with Gasteiger partial charge < -0.3 is 45.1 Å². The molecule has 3 amide bonds. The number of amides is 3. The van der Waals surface area contributed by atoms with E-state index in [1.165, 1.54) is 55.1 Å². The highest BCUT2D eigenvalue weighted by molar-refractivity contribution is 6.34. The van der Waals surface area contributed by atoms with Gasteiger partial charge in [0.2, 0.25) is 11.7 Å². The summed E-state index contributed by atoms with van der Waals surface area (Å²) in [4.78, 5) is 55.9. The van der Waals surface area contributed by atoms with E-state index in [1.54, 1.807) is 15.9 Å². The van der Waals surface area contributed by atoms with E-state index in [0.717, 1.165) is 0 Å². The molecule has 2 saturated heterocycles. The van der Waals surface area contributed by atoms with E-state index < -0.39 is 54.0 Å². The molecule has 5 N–H and O–H groups in total. The Bertz CT molecular complexity index is 1820. The van der Waals surface area contributed by atoms with E-state index in [-0.39, 0.29) is 45.2 Å². The Morgan fingerprint density at radius 1 is 1.14 bits per heavy atom. The van der Waals surface area contributed by atoms with Gasteiger partial charge in [0, 0.05) is 51.0 Å². The second-order valence-electron chi connectivity index (χ2n) is 11.7. The molecular weight excluding hydrogens is 696 g/mol. The van der Waals surface area contributed by atoms with Gasteiger partial charge in [0.05, 0.1) is 34.5 Å². The van der Waals surface area contributed by atoms with Gasteiger partial charge in [-0.2, -0.15) is 9.65 Å². The largest absolute Gasteiger partial charge is 0.479 e. The minimum absolute atomic E-state index is 0.102. The number of imidazole rings is 1. The Morgan fingerprint density at radius 2 is 1.80 bits per heavy atom. The predicted octanol–water partition coefficient (Wildman–Crippen LogP) is 1.88. The summed E-state index contributed by atoms with van der Waals surface area (Å²) in [6, 6.07) is 8.54. The van der Waals surface area contributed by atoms with Gasteiger partial charge in [0.15, 0.2) is 24.0 Å². The number of aliphatic hydroxyl groups is 2. The van der Waals surface area contributed by atoms with Crippen LogP contribution in [-0.4, -0.2) is 116 Å². The van der Waals surface area contributed by atoms with Crippen LogP contribution in [0.3, 0.4) is 0 Å². The van der Waals surface area contributed by atoms with Gasteiger partial charge in [-0.05, 0) is 50.2 Å². The topological polar surface area (TPSA) is 210 Å². The highest BCUT2D eigenvalue weighted by atomic mass is 35.5. The molecule has 2 aliphatic heterocycles. The number of nitriles is 1. The first-order valence-corrected chi connectivity index (χ1v) is 16.1. The number of rotatable bonds is 8. The molecule has 15 nitrogen and oxygen atoms in total. The second kappa shape index (κ2) is 17.2. The second-order valence-corrected chi connectivity index (χ2v) is 12.1. The van der Waals surface area contributed by atoms with Crippen LogP contribution in [0.2, 0.25) is 5.02 Å². The number of β-amino-alcohol motifs (C(OH)–C–C–N with tert-alkyl or cyclic N) is 1. The van der Waals surface area contributed by atoms with Crippen molar-refractivity contribution in [3.05, 3.63) is 64.6 Å². The number of halogens is 3. The first kappa shape index (κ1) is 38.6. The van der Waals surface area contributed by atoms with E-state index in [4.69, 9.17) is 31.8 Å². The highest BCUT2D eigenvalue weighted by Gasteiger charge is 2.35. The van der Waals surface area contributed by atoms with Gasteiger partial charge in [-0.1, -0.05) is 11.6 Å². The molecule has 1 aromatic heterocycles. The number of benzene rings is 2. The van der Waals surface area contributed by atoms with Crippen molar-refractivity contribution in [3.63, 3.8) is 0 Å². The molecular formula is C33H36ClF2N7O8. The maximum absolute atomic E-state index is 14.8. The fourth-order valence-corrected chi connectivity index (χ4v) is 5.70. The van der Waals surface area contributed by atoms with Crippen molar-refractivity contribution in [1.29, 1.82) is 5.26 Å². The normalized spacial score (nSPS) is 17.8. The van der Waals surface area contributed by atoms with E-state index in [9.17, 15) is 33.1 Å². The summed E-state index contributed by atoms with van der Waals surface area (Å²) in [7, 11) is 1.46. The number of nitrogens with zero attached hydrogens (tertiary/aromatic N) is 5.